The lowest BCUT2D eigenvalue weighted by molar-refractivity contribution is -0.347. The Hall–Kier alpha value is -0.650. The summed E-state index contributed by atoms with van der Waals surface area (Å²) in [5.41, 5.74) is 5.94. The summed E-state index contributed by atoms with van der Waals surface area (Å²) in [5.74, 6) is 1.19. The summed E-state index contributed by atoms with van der Waals surface area (Å²) < 4.78 is 50.8. The number of aliphatic hydroxyl groups excluding tert-OH is 2. The lowest BCUT2D eigenvalue weighted by Crippen LogP contribution is -2.64. The molecule has 7 rings (SSSR count). The molecule has 8 N–H and O–H groups in total. The Kier molecular flexibility index (Phi) is 11.0. The standard InChI is InChI=1S/C34H60F3N7O4/c1-43(18-25-28(45)29(46)32(47-25)44-14-13-24-30(38)39-19-40-31(24)44)22-15-20(16-22)9-12-27-41-26-11-10-23(48-34(35,36)37)17-33(26,42-27)21-7-5-3-2-4-6-8-21/h20-32,39-42,45-46H,2-19,38H2,1H3/t20?,22?,23?,24?,25-,26?,27?,28-,29-,30?,31?,32-,33?/m1/s1. The second-order valence-electron chi connectivity index (χ2n) is 16.3. The van der Waals surface area contributed by atoms with Crippen molar-refractivity contribution in [3.05, 3.63) is 0 Å². The summed E-state index contributed by atoms with van der Waals surface area (Å²) in [5, 5.41) is 36.4. The first kappa shape index (κ1) is 35.7. The van der Waals surface area contributed by atoms with Crippen molar-refractivity contribution >= 4 is 0 Å². The predicted octanol–water partition coefficient (Wildman–Crippen LogP) is 2.08. The SMILES string of the molecule is CN(C[C@H]1O[C@@H](N2CCC3C(N)NCNC32)[C@H](O)[C@@H]1O)C1CC(CCC2NC3CCC(OC(F)(F)F)CC3(C3CCCCCCC3)N2)C1. The minimum atomic E-state index is -4.60. The number of likely N-dealkylation sites (N-methyl/N-ethyl adjacent to an activating group) is 1. The number of alkyl halides is 3. The molecule has 11 nitrogen and oxygen atoms in total. The van der Waals surface area contributed by atoms with E-state index < -0.39 is 37.0 Å². The molecular formula is C34H60F3N7O4. The van der Waals surface area contributed by atoms with E-state index in [1.165, 1.54) is 19.3 Å². The summed E-state index contributed by atoms with van der Waals surface area (Å²) in [7, 11) is 2.08. The Morgan fingerprint density at radius 1 is 0.979 bits per heavy atom. The molecule has 11 atom stereocenters. The zero-order valence-corrected chi connectivity index (χ0v) is 28.6. The van der Waals surface area contributed by atoms with Gasteiger partial charge in [0.1, 0.15) is 24.5 Å². The highest BCUT2D eigenvalue weighted by Crippen LogP contribution is 2.46. The number of rotatable bonds is 9. The number of hydrogen-bond acceptors (Lipinski definition) is 11. The largest absolute Gasteiger partial charge is 0.522 e. The molecule has 0 aromatic rings. The van der Waals surface area contributed by atoms with Gasteiger partial charge in [-0.1, -0.05) is 32.1 Å². The maximum atomic E-state index is 13.3. The van der Waals surface area contributed by atoms with Gasteiger partial charge in [0.05, 0.1) is 24.6 Å². The van der Waals surface area contributed by atoms with E-state index in [-0.39, 0.29) is 36.0 Å². The summed E-state index contributed by atoms with van der Waals surface area (Å²) in [6, 6.07) is 0.585. The third-order valence-electron chi connectivity index (χ3n) is 13.4. The zero-order valence-electron chi connectivity index (χ0n) is 28.6. The summed E-state index contributed by atoms with van der Waals surface area (Å²) in [6.07, 6.45) is 6.49. The Morgan fingerprint density at radius 3 is 2.48 bits per heavy atom. The van der Waals surface area contributed by atoms with Gasteiger partial charge in [-0.15, -0.1) is 13.2 Å². The number of nitrogens with one attached hydrogen (secondary N) is 4. The van der Waals surface area contributed by atoms with E-state index in [1.807, 2.05) is 0 Å². The molecule has 0 spiro atoms. The molecule has 3 aliphatic carbocycles. The van der Waals surface area contributed by atoms with Crippen molar-refractivity contribution < 1.29 is 32.9 Å². The molecule has 4 heterocycles. The highest BCUT2D eigenvalue weighted by Gasteiger charge is 2.56. The van der Waals surface area contributed by atoms with Crippen LogP contribution >= 0.6 is 0 Å². The van der Waals surface area contributed by atoms with Gasteiger partial charge in [-0.2, -0.15) is 0 Å². The molecule has 4 aliphatic heterocycles. The quantitative estimate of drug-likeness (QED) is 0.192. The second-order valence-corrected chi connectivity index (χ2v) is 16.3. The Balaban J connectivity index is 0.889. The second kappa shape index (κ2) is 14.8. The van der Waals surface area contributed by atoms with Crippen molar-refractivity contribution in [1.29, 1.82) is 0 Å². The van der Waals surface area contributed by atoms with Gasteiger partial charge in [0.15, 0.2) is 0 Å². The first-order valence-corrected chi connectivity index (χ1v) is 19.0. The summed E-state index contributed by atoms with van der Waals surface area (Å²) >= 11 is 0. The monoisotopic (exact) mass is 687 g/mol. The van der Waals surface area contributed by atoms with Gasteiger partial charge in [0.25, 0.3) is 0 Å². The molecule has 0 radical (unpaired) electrons. The maximum Gasteiger partial charge on any atom is 0.522 e. The molecule has 7 unspecified atom stereocenters. The zero-order chi connectivity index (χ0) is 33.6. The van der Waals surface area contributed by atoms with Gasteiger partial charge >= 0.3 is 6.36 Å². The molecular weight excluding hydrogens is 627 g/mol. The van der Waals surface area contributed by atoms with Crippen molar-refractivity contribution in [1.82, 2.24) is 31.1 Å². The number of halogens is 3. The number of likely N-dealkylation sites (tertiary alicyclic amines) is 1. The van der Waals surface area contributed by atoms with Crippen LogP contribution in [0.3, 0.4) is 0 Å². The fourth-order valence-electron chi connectivity index (χ4n) is 10.7. The first-order valence-electron chi connectivity index (χ1n) is 19.0. The van der Waals surface area contributed by atoms with Gasteiger partial charge in [-0.3, -0.25) is 30.9 Å². The summed E-state index contributed by atoms with van der Waals surface area (Å²) in [6.45, 7) is 1.92. The van der Waals surface area contributed by atoms with E-state index in [4.69, 9.17) is 10.5 Å². The molecule has 7 aliphatic rings. The Morgan fingerprint density at radius 2 is 1.73 bits per heavy atom. The van der Waals surface area contributed by atoms with Crippen LogP contribution in [0.15, 0.2) is 0 Å². The smallest absolute Gasteiger partial charge is 0.387 e. The van der Waals surface area contributed by atoms with Crippen molar-refractivity contribution in [3.8, 4) is 0 Å². The predicted molar refractivity (Wildman–Crippen MR) is 174 cm³/mol. The minimum Gasteiger partial charge on any atom is -0.387 e. The topological polar surface area (TPSA) is 140 Å². The van der Waals surface area contributed by atoms with Crippen LogP contribution in [-0.2, 0) is 9.47 Å². The van der Waals surface area contributed by atoms with Crippen LogP contribution in [0, 0.1) is 17.8 Å². The molecule has 3 saturated carbocycles. The van der Waals surface area contributed by atoms with Gasteiger partial charge in [0, 0.05) is 43.3 Å². The van der Waals surface area contributed by atoms with E-state index in [0.29, 0.717) is 50.4 Å². The molecule has 0 aromatic heterocycles. The molecule has 14 heteroatoms. The summed E-state index contributed by atoms with van der Waals surface area (Å²) in [4.78, 5) is 4.40. The van der Waals surface area contributed by atoms with Crippen molar-refractivity contribution in [2.45, 2.75) is 169 Å². The minimum absolute atomic E-state index is 0.0195. The van der Waals surface area contributed by atoms with Gasteiger partial charge in [-0.25, -0.2) is 0 Å². The molecule has 0 aromatic carbocycles. The number of nitrogens with two attached hydrogens (primary N) is 1. The van der Waals surface area contributed by atoms with E-state index >= 15 is 0 Å². The van der Waals surface area contributed by atoms with Crippen LogP contribution in [0.4, 0.5) is 13.2 Å². The van der Waals surface area contributed by atoms with E-state index in [2.05, 4.69) is 42.9 Å². The Labute approximate surface area is 283 Å². The number of fused-ring (bicyclic) bond motifs is 2. The lowest BCUT2D eigenvalue weighted by Gasteiger charge is -2.48. The molecule has 4 saturated heterocycles. The van der Waals surface area contributed by atoms with E-state index in [9.17, 15) is 23.4 Å². The van der Waals surface area contributed by atoms with Crippen molar-refractivity contribution in [2.75, 3.05) is 26.8 Å². The lowest BCUT2D eigenvalue weighted by atomic mass is 9.66. The van der Waals surface area contributed by atoms with E-state index in [1.54, 1.807) is 0 Å². The van der Waals surface area contributed by atoms with E-state index in [0.717, 1.165) is 64.3 Å². The molecule has 0 bridgehead atoms. The average Bonchev–Trinajstić information content (AvgIpc) is 3.66. The van der Waals surface area contributed by atoms with Crippen LogP contribution in [0.5, 0.6) is 0 Å². The Bertz CT molecular complexity index is 1070. The molecule has 0 amide bonds. The highest BCUT2D eigenvalue weighted by atomic mass is 19.4. The van der Waals surface area contributed by atoms with Crippen molar-refractivity contribution in [3.63, 3.8) is 0 Å². The fourth-order valence-corrected chi connectivity index (χ4v) is 10.7. The number of aliphatic hydroxyl groups is 2. The third-order valence-corrected chi connectivity index (χ3v) is 13.4. The van der Waals surface area contributed by atoms with Gasteiger partial charge in [0.2, 0.25) is 0 Å². The number of ether oxygens (including phenoxy) is 2. The number of nitrogens with zero attached hydrogens (tertiary/aromatic N) is 2. The highest BCUT2D eigenvalue weighted by molar-refractivity contribution is 5.13. The molecule has 48 heavy (non-hydrogen) atoms. The van der Waals surface area contributed by atoms with Crippen LogP contribution in [0.1, 0.15) is 96.3 Å². The van der Waals surface area contributed by atoms with Crippen LogP contribution in [-0.4, -0.2) is 120 Å². The maximum absolute atomic E-state index is 13.3. The fraction of sp³-hybridized carbons (Fsp3) is 1.00. The molecule has 7 fully saturated rings. The average molecular weight is 688 g/mol. The van der Waals surface area contributed by atoms with Gasteiger partial charge < -0.3 is 25.6 Å². The number of hydrogen-bond donors (Lipinski definition) is 7. The van der Waals surface area contributed by atoms with Crippen LogP contribution in [0.2, 0.25) is 0 Å². The first-order chi connectivity index (χ1) is 23.0. The molecule has 276 valence electrons. The van der Waals surface area contributed by atoms with Crippen molar-refractivity contribution in [2.24, 2.45) is 23.5 Å². The third kappa shape index (κ3) is 7.46. The van der Waals surface area contributed by atoms with Gasteiger partial charge in [-0.05, 0) is 83.1 Å². The van der Waals surface area contributed by atoms with Crippen LogP contribution < -0.4 is 27.0 Å². The normalized spacial score (nSPS) is 46.2. The van der Waals surface area contributed by atoms with Crippen LogP contribution in [0.25, 0.3) is 0 Å².